The second-order valence-electron chi connectivity index (χ2n) is 2.95. The molecule has 0 fully saturated rings. The van der Waals surface area contributed by atoms with E-state index < -0.39 is 10.1 Å². The second-order valence-corrected chi connectivity index (χ2v) is 4.34. The summed E-state index contributed by atoms with van der Waals surface area (Å²) in [5.74, 6) is 0. The third kappa shape index (κ3) is 2.86. The summed E-state index contributed by atoms with van der Waals surface area (Å²) in [5.41, 5.74) is 0. The van der Waals surface area contributed by atoms with Gasteiger partial charge in [0.05, 0.1) is 0 Å². The number of rotatable bonds is 1. The van der Waals surface area contributed by atoms with Gasteiger partial charge < -0.3 is 0 Å². The molecular weight excluding hydrogens is 423 g/mol. The Hall–Kier alpha value is 0.207. The molecule has 0 heterocycles. The molecule has 0 unspecified atom stereocenters. The van der Waals surface area contributed by atoms with Crippen molar-refractivity contribution in [3.63, 3.8) is 0 Å². The molecule has 15 heavy (non-hydrogen) atoms. The molecule has 2 aromatic carbocycles. The third-order valence-corrected chi connectivity index (χ3v) is 2.94. The molecular formula is C10H8FrO3S. The normalized spacial score (nSPS) is 11.0. The van der Waals surface area contributed by atoms with Crippen molar-refractivity contribution < 1.29 is 62.8 Å². The molecule has 0 amide bonds. The van der Waals surface area contributed by atoms with Crippen molar-refractivity contribution in [1.29, 1.82) is 0 Å². The quantitative estimate of drug-likeness (QED) is 0.704. The molecule has 3 nitrogen and oxygen atoms in total. The number of hydrogen-bond donors (Lipinski definition) is 1. The molecule has 0 aromatic heterocycles. The summed E-state index contributed by atoms with van der Waals surface area (Å²) < 4.78 is 31.0. The van der Waals surface area contributed by atoms with Gasteiger partial charge >= 0.3 is 0 Å². The fourth-order valence-electron chi connectivity index (χ4n) is 1.42. The smallest absolute Gasteiger partial charge is 0.282 e. The van der Waals surface area contributed by atoms with Crippen LogP contribution in [0.5, 0.6) is 0 Å². The predicted octanol–water partition coefficient (Wildman–Crippen LogP) is 2.09. The van der Waals surface area contributed by atoms with E-state index in [0.29, 0.717) is 5.39 Å². The van der Waals surface area contributed by atoms with Crippen LogP contribution in [0.25, 0.3) is 10.8 Å². The fraction of sp³-hybridized carbons (Fsp3) is 0. The number of fused-ring (bicyclic) bond motifs is 1. The maximum absolute atomic E-state index is 11.0. The maximum Gasteiger partial charge on any atom is 0.295 e. The van der Waals surface area contributed by atoms with Crippen molar-refractivity contribution in [2.45, 2.75) is 4.90 Å². The van der Waals surface area contributed by atoms with Crippen LogP contribution < -0.4 is 0 Å². The molecule has 1 radical (unpaired) electrons. The fourth-order valence-corrected chi connectivity index (χ4v) is 2.13. The third-order valence-electron chi connectivity index (χ3n) is 2.03. The molecule has 0 aliphatic carbocycles. The van der Waals surface area contributed by atoms with E-state index in [0.717, 1.165) is 5.39 Å². The van der Waals surface area contributed by atoms with Crippen molar-refractivity contribution in [3.05, 3.63) is 42.5 Å². The van der Waals surface area contributed by atoms with E-state index in [4.69, 9.17) is 4.55 Å². The average Bonchev–Trinajstić information content (AvgIpc) is 2.15. The van der Waals surface area contributed by atoms with Crippen LogP contribution in [0.1, 0.15) is 0 Å². The minimum atomic E-state index is -4.13. The largest absolute Gasteiger partial charge is 0.295 e. The summed E-state index contributed by atoms with van der Waals surface area (Å²) in [5, 5.41) is 1.33. The topological polar surface area (TPSA) is 54.4 Å². The van der Waals surface area contributed by atoms with Crippen LogP contribution in [0, 0.1) is 49.9 Å². The van der Waals surface area contributed by atoms with Gasteiger partial charge in [0.25, 0.3) is 10.1 Å². The first-order chi connectivity index (χ1) is 6.59. The Balaban J connectivity index is 0.00000112. The van der Waals surface area contributed by atoms with Gasteiger partial charge in [-0.25, -0.2) is 0 Å². The zero-order chi connectivity index (χ0) is 10.2. The number of hydrogen-bond acceptors (Lipinski definition) is 2. The molecule has 73 valence electrons. The maximum atomic E-state index is 11.0. The van der Waals surface area contributed by atoms with Gasteiger partial charge in [0.2, 0.25) is 0 Å². The van der Waals surface area contributed by atoms with E-state index in [1.807, 2.05) is 6.07 Å². The average molecular weight is 431 g/mol. The van der Waals surface area contributed by atoms with Gasteiger partial charge in [-0.3, -0.25) is 4.55 Å². The first-order valence-corrected chi connectivity index (χ1v) is 5.48. The summed E-state index contributed by atoms with van der Waals surface area (Å²) in [7, 11) is -4.13. The van der Waals surface area contributed by atoms with E-state index >= 15 is 0 Å². The van der Waals surface area contributed by atoms with Crippen LogP contribution in [-0.2, 0) is 10.1 Å². The van der Waals surface area contributed by atoms with Crippen LogP contribution in [-0.4, -0.2) is 13.0 Å². The molecule has 0 saturated heterocycles. The van der Waals surface area contributed by atoms with Crippen molar-refractivity contribution >= 4 is 20.9 Å². The van der Waals surface area contributed by atoms with E-state index in [1.54, 1.807) is 30.3 Å². The predicted molar refractivity (Wildman–Crippen MR) is 53.8 cm³/mol. The monoisotopic (exact) mass is 431 g/mol. The van der Waals surface area contributed by atoms with Crippen LogP contribution in [0.15, 0.2) is 47.4 Å². The zero-order valence-electron chi connectivity index (χ0n) is 8.21. The van der Waals surface area contributed by atoms with Gasteiger partial charge in [-0.2, -0.15) is 8.42 Å². The summed E-state index contributed by atoms with van der Waals surface area (Å²) >= 11 is 0. The second kappa shape index (κ2) is 5.03. The first-order valence-electron chi connectivity index (χ1n) is 4.04. The van der Waals surface area contributed by atoms with E-state index in [9.17, 15) is 8.42 Å². The van der Waals surface area contributed by atoms with Crippen LogP contribution >= 0.6 is 0 Å². The summed E-state index contributed by atoms with van der Waals surface area (Å²) in [6, 6.07) is 11.8. The molecule has 0 bridgehead atoms. The molecule has 0 saturated carbocycles. The van der Waals surface area contributed by atoms with Crippen LogP contribution in [0.4, 0.5) is 0 Å². The van der Waals surface area contributed by atoms with Crippen LogP contribution in [0.2, 0.25) is 0 Å². The minimum absolute atomic E-state index is 0. The Kier molecular flexibility index (Phi) is 4.45. The molecule has 0 spiro atoms. The van der Waals surface area contributed by atoms with Crippen molar-refractivity contribution in [1.82, 2.24) is 0 Å². The van der Waals surface area contributed by atoms with E-state index in [-0.39, 0.29) is 54.8 Å². The van der Waals surface area contributed by atoms with Gasteiger partial charge in [0.15, 0.2) is 0 Å². The summed E-state index contributed by atoms with van der Waals surface area (Å²) in [6.07, 6.45) is 0. The van der Waals surface area contributed by atoms with Crippen molar-refractivity contribution in [2.24, 2.45) is 0 Å². The van der Waals surface area contributed by atoms with Gasteiger partial charge in [0, 0.05) is 55.3 Å². The van der Waals surface area contributed by atoms with Gasteiger partial charge in [-0.05, 0) is 11.5 Å². The Labute approximate surface area is 129 Å². The molecule has 0 atom stereocenters. The molecule has 0 aliphatic rings. The SMILES string of the molecule is O=S(=O)(O)c1cccc2ccccc12.[Fr]. The Morgan fingerprint density at radius 1 is 0.933 bits per heavy atom. The van der Waals surface area contributed by atoms with Gasteiger partial charge in [-0.1, -0.05) is 36.4 Å². The van der Waals surface area contributed by atoms with Gasteiger partial charge in [-0.15, -0.1) is 0 Å². The van der Waals surface area contributed by atoms with Gasteiger partial charge in [0.1, 0.15) is 4.90 Å². The summed E-state index contributed by atoms with van der Waals surface area (Å²) in [4.78, 5) is -0.0457. The Bertz CT molecular complexity index is 573. The van der Waals surface area contributed by atoms with Crippen molar-refractivity contribution in [3.8, 4) is 0 Å². The van der Waals surface area contributed by atoms with Crippen LogP contribution in [0.3, 0.4) is 0 Å². The first kappa shape index (κ1) is 13.3. The van der Waals surface area contributed by atoms with E-state index in [2.05, 4.69) is 0 Å². The molecule has 1 N–H and O–H groups in total. The summed E-state index contributed by atoms with van der Waals surface area (Å²) in [6.45, 7) is 0. The van der Waals surface area contributed by atoms with E-state index in [1.165, 1.54) is 6.07 Å². The molecule has 2 aromatic rings. The Morgan fingerprint density at radius 3 is 2.20 bits per heavy atom. The van der Waals surface area contributed by atoms with Crippen molar-refractivity contribution in [2.75, 3.05) is 0 Å². The minimum Gasteiger partial charge on any atom is -0.282 e. The molecule has 2 rings (SSSR count). The zero-order valence-corrected chi connectivity index (χ0v) is 17.2. The number of benzene rings is 2. The Morgan fingerprint density at radius 2 is 1.53 bits per heavy atom. The molecule has 5 heteroatoms. The standard InChI is InChI=1S/C10H8O3S.Fr/c11-14(12,13)10-7-3-5-8-4-1-2-6-9(8)10;/h1-7H,(H,11,12,13);. The molecule has 0 aliphatic heterocycles.